The van der Waals surface area contributed by atoms with Crippen molar-refractivity contribution in [3.8, 4) is 11.1 Å². The highest BCUT2D eigenvalue weighted by molar-refractivity contribution is 6.14. The molecule has 2 atom stereocenters. The van der Waals surface area contributed by atoms with Crippen LogP contribution in [-0.4, -0.2) is 0 Å². The average molecular weight is 632 g/mol. The second-order valence-electron chi connectivity index (χ2n) is 14.4. The number of fused-ring (bicyclic) bond motifs is 8. The van der Waals surface area contributed by atoms with E-state index in [2.05, 4.69) is 170 Å². The number of hydrogen-bond acceptors (Lipinski definition) is 2. The summed E-state index contributed by atoms with van der Waals surface area (Å²) < 4.78 is 6.77. The third-order valence-electron chi connectivity index (χ3n) is 11.6. The fourth-order valence-electron chi connectivity index (χ4n) is 9.23. The second-order valence-corrected chi connectivity index (χ2v) is 14.4. The van der Waals surface area contributed by atoms with Crippen LogP contribution < -0.4 is 4.90 Å². The normalized spacial score (nSPS) is 17.9. The Morgan fingerprint density at radius 1 is 0.592 bits per heavy atom. The smallest absolute Gasteiger partial charge is 0.159 e. The zero-order chi connectivity index (χ0) is 32.7. The highest BCUT2D eigenvalue weighted by Crippen LogP contribution is 2.57. The van der Waals surface area contributed by atoms with Crippen LogP contribution in [0.1, 0.15) is 43.7 Å². The molecule has 10 rings (SSSR count). The van der Waals surface area contributed by atoms with Crippen molar-refractivity contribution in [2.45, 2.75) is 38.0 Å². The zero-order valence-corrected chi connectivity index (χ0v) is 27.9. The van der Waals surface area contributed by atoms with Crippen LogP contribution in [-0.2, 0) is 5.41 Å². The van der Waals surface area contributed by atoms with Crippen molar-refractivity contribution in [2.24, 2.45) is 5.92 Å². The molecule has 8 aromatic rings. The Bertz CT molecular complexity index is 2620. The van der Waals surface area contributed by atoms with Crippen molar-refractivity contribution in [2.75, 3.05) is 4.90 Å². The molecule has 0 amide bonds. The van der Waals surface area contributed by atoms with E-state index in [-0.39, 0.29) is 5.41 Å². The van der Waals surface area contributed by atoms with Crippen LogP contribution in [0.25, 0.3) is 54.6 Å². The lowest BCUT2D eigenvalue weighted by atomic mass is 9.72. The monoisotopic (exact) mass is 631 g/mol. The predicted octanol–water partition coefficient (Wildman–Crippen LogP) is 13.4. The first-order valence-electron chi connectivity index (χ1n) is 17.6. The molecule has 2 aliphatic carbocycles. The highest BCUT2D eigenvalue weighted by Gasteiger charge is 2.46. The van der Waals surface area contributed by atoms with Crippen molar-refractivity contribution in [3.05, 3.63) is 163 Å². The molecular formula is C47H37NO. The Labute approximate surface area is 286 Å². The third-order valence-corrected chi connectivity index (χ3v) is 11.6. The van der Waals surface area contributed by atoms with Crippen molar-refractivity contribution in [1.29, 1.82) is 0 Å². The van der Waals surface area contributed by atoms with Crippen LogP contribution in [0.2, 0.25) is 0 Å². The van der Waals surface area contributed by atoms with Crippen LogP contribution in [0.5, 0.6) is 0 Å². The Balaban J connectivity index is 1.31. The fraction of sp³-hybridized carbons (Fsp3) is 0.149. The standard InChI is InChI=1S/C47H37NO/c1-47(2)40-22-9-7-18-35(40)39-29-32(26-27-41(39)47)48(43-23-12-21-38-36-19-8-10-24-44(36)49-46(38)43)42-28-25-31-14-4-6-17-34(31)45(42)37-20-11-15-30-13-3-5-16-33(30)37/h3-17,19-21,23-29,35,40H,18,22H2,1-2H3. The van der Waals surface area contributed by atoms with Gasteiger partial charge in [-0.2, -0.15) is 0 Å². The lowest BCUT2D eigenvalue weighted by molar-refractivity contribution is 0.297. The summed E-state index contributed by atoms with van der Waals surface area (Å²) in [5.74, 6) is 1.13. The van der Waals surface area contributed by atoms with Crippen molar-refractivity contribution in [1.82, 2.24) is 0 Å². The summed E-state index contributed by atoms with van der Waals surface area (Å²) in [4.78, 5) is 2.48. The van der Waals surface area contributed by atoms with Gasteiger partial charge in [0.1, 0.15) is 5.58 Å². The van der Waals surface area contributed by atoms with Crippen molar-refractivity contribution < 1.29 is 4.42 Å². The van der Waals surface area contributed by atoms with E-state index in [1.165, 1.54) is 43.8 Å². The maximum absolute atomic E-state index is 6.77. The summed E-state index contributed by atoms with van der Waals surface area (Å²) in [5.41, 5.74) is 10.7. The first-order valence-corrected chi connectivity index (χ1v) is 17.6. The minimum absolute atomic E-state index is 0.129. The number of benzene rings is 7. The van der Waals surface area contributed by atoms with Gasteiger partial charge in [-0.3, -0.25) is 0 Å². The molecule has 7 aromatic carbocycles. The van der Waals surface area contributed by atoms with E-state index in [4.69, 9.17) is 4.42 Å². The lowest BCUT2D eigenvalue weighted by Crippen LogP contribution is -2.26. The first kappa shape index (κ1) is 28.4. The van der Waals surface area contributed by atoms with Crippen molar-refractivity contribution >= 4 is 60.5 Å². The first-order chi connectivity index (χ1) is 24.1. The van der Waals surface area contributed by atoms with Crippen LogP contribution in [0.3, 0.4) is 0 Å². The molecular weight excluding hydrogens is 595 g/mol. The largest absolute Gasteiger partial charge is 0.454 e. The minimum Gasteiger partial charge on any atom is -0.454 e. The van der Waals surface area contributed by atoms with Crippen LogP contribution in [0, 0.1) is 5.92 Å². The molecule has 1 aromatic heterocycles. The van der Waals surface area contributed by atoms with E-state index in [1.54, 1.807) is 0 Å². The number of furan rings is 1. The minimum atomic E-state index is 0.129. The summed E-state index contributed by atoms with van der Waals surface area (Å²) in [5, 5.41) is 7.21. The van der Waals surface area contributed by atoms with Gasteiger partial charge in [0.2, 0.25) is 0 Å². The maximum atomic E-state index is 6.77. The van der Waals surface area contributed by atoms with E-state index < -0.39 is 0 Å². The molecule has 236 valence electrons. The van der Waals surface area contributed by atoms with E-state index in [1.807, 2.05) is 0 Å². The number of allylic oxidation sites excluding steroid dienone is 2. The summed E-state index contributed by atoms with van der Waals surface area (Å²) >= 11 is 0. The number of hydrogen-bond donors (Lipinski definition) is 0. The Morgan fingerprint density at radius 3 is 2.16 bits per heavy atom. The molecule has 2 heteroatoms. The Hall–Kier alpha value is -5.60. The van der Waals surface area contributed by atoms with E-state index in [0.29, 0.717) is 11.8 Å². The molecule has 49 heavy (non-hydrogen) atoms. The van der Waals surface area contributed by atoms with Gasteiger partial charge in [0.15, 0.2) is 5.58 Å². The average Bonchev–Trinajstić information content (AvgIpc) is 3.64. The van der Waals surface area contributed by atoms with Crippen LogP contribution in [0.4, 0.5) is 17.1 Å². The van der Waals surface area contributed by atoms with Gasteiger partial charge in [-0.15, -0.1) is 0 Å². The molecule has 0 aliphatic heterocycles. The van der Waals surface area contributed by atoms with Gasteiger partial charge >= 0.3 is 0 Å². The van der Waals surface area contributed by atoms with Crippen LogP contribution >= 0.6 is 0 Å². The molecule has 0 saturated heterocycles. The molecule has 2 unspecified atom stereocenters. The van der Waals surface area contributed by atoms with Gasteiger partial charge in [-0.05, 0) is 98.7 Å². The predicted molar refractivity (Wildman–Crippen MR) is 206 cm³/mol. The van der Waals surface area contributed by atoms with Gasteiger partial charge in [0.05, 0.1) is 11.4 Å². The highest BCUT2D eigenvalue weighted by atomic mass is 16.3. The van der Waals surface area contributed by atoms with Crippen LogP contribution in [0.15, 0.2) is 156 Å². The van der Waals surface area contributed by atoms with Gasteiger partial charge in [0.25, 0.3) is 0 Å². The molecule has 0 bridgehead atoms. The summed E-state index contributed by atoms with van der Waals surface area (Å²) in [6.07, 6.45) is 7.03. The SMILES string of the molecule is CC1(C)c2ccc(N(c3ccc4ccccc4c3-c3cccc4ccccc34)c3cccc4c3oc3ccccc34)cc2C2CC=CCC21. The molecule has 0 N–H and O–H groups in total. The van der Waals surface area contributed by atoms with E-state index >= 15 is 0 Å². The zero-order valence-electron chi connectivity index (χ0n) is 27.9. The quantitative estimate of drug-likeness (QED) is 0.180. The van der Waals surface area contributed by atoms with Gasteiger partial charge in [-0.1, -0.05) is 135 Å². The van der Waals surface area contributed by atoms with Gasteiger partial charge in [-0.25, -0.2) is 0 Å². The lowest BCUT2D eigenvalue weighted by Gasteiger charge is -2.32. The van der Waals surface area contributed by atoms with Gasteiger partial charge < -0.3 is 9.32 Å². The summed E-state index contributed by atoms with van der Waals surface area (Å²) in [7, 11) is 0. The maximum Gasteiger partial charge on any atom is 0.159 e. The molecule has 0 radical (unpaired) electrons. The van der Waals surface area contributed by atoms with Gasteiger partial charge in [0, 0.05) is 22.0 Å². The topological polar surface area (TPSA) is 16.4 Å². The second kappa shape index (κ2) is 10.7. The van der Waals surface area contributed by atoms with E-state index in [0.717, 1.165) is 51.8 Å². The molecule has 0 fully saturated rings. The molecule has 2 nitrogen and oxygen atoms in total. The molecule has 1 heterocycles. The number of rotatable bonds is 4. The molecule has 0 saturated carbocycles. The summed E-state index contributed by atoms with van der Waals surface area (Å²) in [6.45, 7) is 4.90. The molecule has 0 spiro atoms. The van der Waals surface area contributed by atoms with E-state index in [9.17, 15) is 0 Å². The number of anilines is 3. The fourth-order valence-corrected chi connectivity index (χ4v) is 9.23. The van der Waals surface area contributed by atoms with Crippen molar-refractivity contribution in [3.63, 3.8) is 0 Å². The summed E-state index contributed by atoms with van der Waals surface area (Å²) in [6, 6.07) is 51.2. The number of nitrogens with zero attached hydrogens (tertiary/aromatic N) is 1. The molecule has 2 aliphatic rings. The third kappa shape index (κ3) is 4.20. The number of para-hydroxylation sites is 2. The Kier molecular flexibility index (Phi) is 6.21. The Morgan fingerprint density at radius 2 is 1.29 bits per heavy atom.